The van der Waals surface area contributed by atoms with E-state index in [1.165, 1.54) is 5.56 Å². The molecule has 0 saturated carbocycles. The van der Waals surface area contributed by atoms with Crippen molar-refractivity contribution in [1.82, 2.24) is 15.3 Å². The zero-order valence-corrected chi connectivity index (χ0v) is 19.2. The summed E-state index contributed by atoms with van der Waals surface area (Å²) in [7, 11) is 0. The van der Waals surface area contributed by atoms with Crippen molar-refractivity contribution in [1.29, 1.82) is 0 Å². The van der Waals surface area contributed by atoms with Gasteiger partial charge in [-0.15, -0.1) is 0 Å². The maximum atomic E-state index is 13.8. The number of carboxylic acid groups (broad SMARTS) is 1. The standard InChI is InChI=1S/C23H28ClFN4O4/c1-14(4-6-16-7-5-15-3-2-9-27-21(15)28-16)13-33-10-8-19(23(31)32)29-22(30)20-17(24)11-26-12-18(20)25/h5,7,11-12,14,19H,2-4,6,8-10,13H2,1H3,(H,27,28)(H,29,30)(H,31,32)/t14-,19-/m1/s1. The number of anilines is 1. The van der Waals surface area contributed by atoms with E-state index < -0.39 is 29.3 Å². The number of amides is 1. The number of nitrogens with zero attached hydrogens (tertiary/aromatic N) is 2. The maximum Gasteiger partial charge on any atom is 0.326 e. The van der Waals surface area contributed by atoms with Crippen LogP contribution in [0.5, 0.6) is 0 Å². The number of carbonyl (C=O) groups is 2. The van der Waals surface area contributed by atoms with Gasteiger partial charge >= 0.3 is 5.97 Å². The summed E-state index contributed by atoms with van der Waals surface area (Å²) >= 11 is 5.81. The summed E-state index contributed by atoms with van der Waals surface area (Å²) in [6, 6.07) is 2.97. The zero-order chi connectivity index (χ0) is 23.8. The van der Waals surface area contributed by atoms with E-state index >= 15 is 0 Å². The van der Waals surface area contributed by atoms with Crippen LogP contribution in [0.15, 0.2) is 24.5 Å². The first kappa shape index (κ1) is 24.9. The summed E-state index contributed by atoms with van der Waals surface area (Å²) in [5.74, 6) is -1.83. The molecule has 0 aliphatic carbocycles. The molecule has 0 saturated heterocycles. The molecule has 3 rings (SSSR count). The molecule has 8 nitrogen and oxygen atoms in total. The fraction of sp³-hybridized carbons (Fsp3) is 0.478. The fourth-order valence-corrected chi connectivity index (χ4v) is 3.82. The quantitative estimate of drug-likeness (QED) is 0.423. The van der Waals surface area contributed by atoms with Crippen LogP contribution in [0.2, 0.25) is 5.02 Å². The van der Waals surface area contributed by atoms with E-state index in [2.05, 4.69) is 34.7 Å². The first-order chi connectivity index (χ1) is 15.8. The van der Waals surface area contributed by atoms with Crippen molar-refractivity contribution in [2.45, 2.75) is 45.1 Å². The van der Waals surface area contributed by atoms with Gasteiger partial charge in [0.2, 0.25) is 0 Å². The first-order valence-corrected chi connectivity index (χ1v) is 11.4. The number of carboxylic acids is 1. The lowest BCUT2D eigenvalue weighted by atomic mass is 10.0. The molecule has 2 atom stereocenters. The Morgan fingerprint density at radius 1 is 1.33 bits per heavy atom. The van der Waals surface area contributed by atoms with Gasteiger partial charge in [0.1, 0.15) is 11.9 Å². The van der Waals surface area contributed by atoms with E-state index in [1.807, 2.05) is 0 Å². The number of aromatic nitrogens is 2. The van der Waals surface area contributed by atoms with Gasteiger partial charge in [0.05, 0.1) is 16.8 Å². The predicted molar refractivity (Wildman–Crippen MR) is 122 cm³/mol. The molecule has 3 heterocycles. The topological polar surface area (TPSA) is 113 Å². The van der Waals surface area contributed by atoms with Crippen LogP contribution in [0, 0.1) is 11.7 Å². The van der Waals surface area contributed by atoms with E-state index in [-0.39, 0.29) is 24.0 Å². The third-order valence-electron chi connectivity index (χ3n) is 5.48. The van der Waals surface area contributed by atoms with Gasteiger partial charge in [0.25, 0.3) is 5.91 Å². The van der Waals surface area contributed by atoms with Crippen molar-refractivity contribution in [3.05, 3.63) is 52.2 Å². The fourth-order valence-electron chi connectivity index (χ4n) is 3.59. The Bertz CT molecular complexity index is 971. The normalized spacial score (nSPS) is 14.6. The van der Waals surface area contributed by atoms with Gasteiger partial charge < -0.3 is 20.5 Å². The van der Waals surface area contributed by atoms with Crippen molar-refractivity contribution in [2.24, 2.45) is 5.92 Å². The molecule has 0 spiro atoms. The van der Waals surface area contributed by atoms with Gasteiger partial charge in [-0.2, -0.15) is 0 Å². The largest absolute Gasteiger partial charge is 0.480 e. The number of aryl methyl sites for hydroxylation is 2. The molecule has 0 radical (unpaired) electrons. The minimum absolute atomic E-state index is 0.0379. The summed E-state index contributed by atoms with van der Waals surface area (Å²) in [5, 5.41) is 14.8. The van der Waals surface area contributed by atoms with Crippen molar-refractivity contribution in [2.75, 3.05) is 25.1 Å². The number of pyridine rings is 2. The second-order valence-corrected chi connectivity index (χ2v) is 8.60. The van der Waals surface area contributed by atoms with Gasteiger partial charge in [-0.1, -0.05) is 24.6 Å². The Morgan fingerprint density at radius 3 is 2.91 bits per heavy atom. The number of halogens is 2. The van der Waals surface area contributed by atoms with Crippen LogP contribution < -0.4 is 10.6 Å². The van der Waals surface area contributed by atoms with Crippen molar-refractivity contribution in [3.8, 4) is 0 Å². The smallest absolute Gasteiger partial charge is 0.326 e. The molecule has 2 aromatic heterocycles. The lowest BCUT2D eigenvalue weighted by Gasteiger charge is -2.18. The highest BCUT2D eigenvalue weighted by atomic mass is 35.5. The Hall–Kier alpha value is -2.78. The highest BCUT2D eigenvalue weighted by Gasteiger charge is 2.24. The maximum absolute atomic E-state index is 13.8. The summed E-state index contributed by atoms with van der Waals surface area (Å²) in [4.78, 5) is 32.0. The van der Waals surface area contributed by atoms with Crippen LogP contribution in [0.3, 0.4) is 0 Å². The predicted octanol–water partition coefficient (Wildman–Crippen LogP) is 3.49. The second kappa shape index (κ2) is 11.9. The van der Waals surface area contributed by atoms with E-state index in [1.54, 1.807) is 0 Å². The molecule has 3 N–H and O–H groups in total. The van der Waals surface area contributed by atoms with Crippen LogP contribution in [0.4, 0.5) is 10.2 Å². The average Bonchev–Trinajstić information content (AvgIpc) is 2.79. The van der Waals surface area contributed by atoms with E-state index in [4.69, 9.17) is 21.3 Å². The lowest BCUT2D eigenvalue weighted by molar-refractivity contribution is -0.139. The number of nitrogens with one attached hydrogen (secondary N) is 2. The molecule has 0 fully saturated rings. The van der Waals surface area contributed by atoms with Gasteiger partial charge in [-0.05, 0) is 43.2 Å². The number of ether oxygens (including phenoxy) is 1. The number of hydrogen-bond acceptors (Lipinski definition) is 6. The Morgan fingerprint density at radius 2 is 2.15 bits per heavy atom. The van der Waals surface area contributed by atoms with E-state index in [0.29, 0.717) is 6.61 Å². The number of aliphatic carboxylic acids is 1. The molecule has 1 aliphatic heterocycles. The summed E-state index contributed by atoms with van der Waals surface area (Å²) in [5.41, 5.74) is 1.86. The molecule has 10 heteroatoms. The Labute approximate surface area is 196 Å². The van der Waals surface area contributed by atoms with Crippen molar-refractivity contribution in [3.63, 3.8) is 0 Å². The summed E-state index contributed by atoms with van der Waals surface area (Å²) in [6.07, 6.45) is 5.89. The minimum Gasteiger partial charge on any atom is -0.480 e. The summed E-state index contributed by atoms with van der Waals surface area (Å²) < 4.78 is 19.5. The van der Waals surface area contributed by atoms with Gasteiger partial charge in [-0.25, -0.2) is 14.2 Å². The molecular formula is C23H28ClFN4O4. The molecule has 1 amide bonds. The number of carbonyl (C=O) groups excluding carboxylic acids is 1. The molecule has 0 bridgehead atoms. The highest BCUT2D eigenvalue weighted by Crippen LogP contribution is 2.21. The van der Waals surface area contributed by atoms with Gasteiger partial charge in [0.15, 0.2) is 5.82 Å². The molecule has 0 unspecified atom stereocenters. The Balaban J connectivity index is 1.40. The minimum atomic E-state index is -1.24. The van der Waals surface area contributed by atoms with Gasteiger partial charge in [0, 0.05) is 38.1 Å². The third kappa shape index (κ3) is 7.10. The number of hydrogen-bond donors (Lipinski definition) is 3. The Kier molecular flexibility index (Phi) is 8.96. The van der Waals surface area contributed by atoms with Gasteiger partial charge in [-0.3, -0.25) is 9.78 Å². The third-order valence-corrected chi connectivity index (χ3v) is 5.77. The molecular weight excluding hydrogens is 451 g/mol. The monoisotopic (exact) mass is 478 g/mol. The molecule has 1 aliphatic rings. The number of rotatable bonds is 11. The summed E-state index contributed by atoms with van der Waals surface area (Å²) in [6.45, 7) is 3.60. The van der Waals surface area contributed by atoms with Crippen LogP contribution in [-0.2, 0) is 22.4 Å². The van der Waals surface area contributed by atoms with Crippen LogP contribution in [0.1, 0.15) is 47.8 Å². The SMILES string of the molecule is C[C@H](CCc1ccc2c(n1)NCCC2)COCC[C@@H](NC(=O)c1c(F)cncc1Cl)C(=O)O. The highest BCUT2D eigenvalue weighted by molar-refractivity contribution is 6.33. The second-order valence-electron chi connectivity index (χ2n) is 8.19. The van der Waals surface area contributed by atoms with Crippen LogP contribution in [-0.4, -0.2) is 52.8 Å². The van der Waals surface area contributed by atoms with Crippen molar-refractivity contribution >= 4 is 29.3 Å². The molecule has 0 aromatic carbocycles. The number of fused-ring (bicyclic) bond motifs is 1. The van der Waals surface area contributed by atoms with Crippen LogP contribution >= 0.6 is 11.6 Å². The molecule has 2 aromatic rings. The van der Waals surface area contributed by atoms with Crippen molar-refractivity contribution < 1.29 is 23.8 Å². The zero-order valence-electron chi connectivity index (χ0n) is 18.4. The molecule has 33 heavy (non-hydrogen) atoms. The average molecular weight is 479 g/mol. The lowest BCUT2D eigenvalue weighted by Crippen LogP contribution is -2.42. The van der Waals surface area contributed by atoms with Crippen LogP contribution in [0.25, 0.3) is 0 Å². The first-order valence-electron chi connectivity index (χ1n) is 11.0. The van der Waals surface area contributed by atoms with E-state index in [9.17, 15) is 19.1 Å². The molecule has 178 valence electrons. The van der Waals surface area contributed by atoms with E-state index in [0.717, 1.165) is 56.1 Å².